The fourth-order valence-electron chi connectivity index (χ4n) is 2.84. The lowest BCUT2D eigenvalue weighted by Gasteiger charge is -2.27. The first-order valence-electron chi connectivity index (χ1n) is 8.37. The number of hydrogen-bond acceptors (Lipinski definition) is 6. The summed E-state index contributed by atoms with van der Waals surface area (Å²) in [5.74, 6) is 1.22. The van der Waals surface area contributed by atoms with Gasteiger partial charge in [-0.1, -0.05) is 0 Å². The summed E-state index contributed by atoms with van der Waals surface area (Å²) in [6.45, 7) is 2.92. The molecule has 0 radical (unpaired) electrons. The first kappa shape index (κ1) is 16.3. The number of anilines is 1. The van der Waals surface area contributed by atoms with Crippen molar-refractivity contribution in [2.75, 3.05) is 38.6 Å². The third-order valence-corrected chi connectivity index (χ3v) is 4.29. The van der Waals surface area contributed by atoms with Crippen molar-refractivity contribution in [1.29, 1.82) is 0 Å². The highest BCUT2D eigenvalue weighted by atomic mass is 16.5. The molecule has 1 aromatic carbocycles. The molecule has 0 unspecified atom stereocenters. The molecule has 9 heteroatoms. The number of benzene rings is 1. The van der Waals surface area contributed by atoms with Crippen molar-refractivity contribution in [2.45, 2.75) is 0 Å². The van der Waals surface area contributed by atoms with Gasteiger partial charge in [0.05, 0.1) is 19.0 Å². The number of aromatic nitrogens is 4. The number of hydrogen-bond donors (Lipinski definition) is 3. The van der Waals surface area contributed by atoms with Gasteiger partial charge in [-0.2, -0.15) is 5.10 Å². The molecule has 2 aromatic heterocycles. The number of nitrogens with one attached hydrogen (secondary N) is 3. The van der Waals surface area contributed by atoms with Gasteiger partial charge in [-0.15, -0.1) is 0 Å². The Morgan fingerprint density at radius 2 is 2.00 bits per heavy atom. The molecule has 134 valence electrons. The summed E-state index contributed by atoms with van der Waals surface area (Å²) in [5, 5.41) is 13.0. The number of carbonyl (C=O) groups is 1. The quantitative estimate of drug-likeness (QED) is 0.658. The molecule has 9 nitrogen and oxygen atoms in total. The minimum atomic E-state index is -0.172. The first-order chi connectivity index (χ1) is 12.7. The van der Waals surface area contributed by atoms with Gasteiger partial charge in [0.25, 0.3) is 0 Å². The van der Waals surface area contributed by atoms with Crippen LogP contribution in [-0.4, -0.2) is 64.4 Å². The second-order valence-corrected chi connectivity index (χ2v) is 5.92. The minimum Gasteiger partial charge on any atom is -0.497 e. The number of ether oxygens (including phenoxy) is 1. The van der Waals surface area contributed by atoms with Crippen LogP contribution in [0.5, 0.6) is 5.75 Å². The van der Waals surface area contributed by atoms with E-state index in [9.17, 15) is 4.79 Å². The summed E-state index contributed by atoms with van der Waals surface area (Å²) in [6.07, 6.45) is 1.66. The number of carbonyl (C=O) groups excluding carboxylic acids is 1. The van der Waals surface area contributed by atoms with Crippen LogP contribution in [0, 0.1) is 0 Å². The number of rotatable bonds is 3. The lowest BCUT2D eigenvalue weighted by atomic mass is 10.1. The second-order valence-electron chi connectivity index (χ2n) is 5.92. The predicted molar refractivity (Wildman–Crippen MR) is 97.1 cm³/mol. The second kappa shape index (κ2) is 6.96. The van der Waals surface area contributed by atoms with Crippen molar-refractivity contribution in [3.8, 4) is 17.0 Å². The van der Waals surface area contributed by atoms with Gasteiger partial charge in [-0.25, -0.2) is 14.8 Å². The predicted octanol–water partition coefficient (Wildman–Crippen LogP) is 1.47. The molecule has 4 rings (SSSR count). The van der Waals surface area contributed by atoms with E-state index in [1.807, 2.05) is 24.3 Å². The maximum Gasteiger partial charge on any atom is 0.323 e. The molecule has 0 aliphatic carbocycles. The molecule has 1 aliphatic heterocycles. The Labute approximate surface area is 149 Å². The molecule has 2 amide bonds. The van der Waals surface area contributed by atoms with Crippen molar-refractivity contribution in [1.82, 2.24) is 30.4 Å². The van der Waals surface area contributed by atoms with Gasteiger partial charge in [0.2, 0.25) is 5.65 Å². The number of urea groups is 1. The maximum absolute atomic E-state index is 12.4. The SMILES string of the molecule is COc1ccc(-c2cnc3n[nH]c(NC(=O)N4CCNCC4)c3n2)cc1. The van der Waals surface area contributed by atoms with E-state index in [4.69, 9.17) is 4.74 Å². The normalized spacial score (nSPS) is 14.4. The highest BCUT2D eigenvalue weighted by molar-refractivity contribution is 5.96. The smallest absolute Gasteiger partial charge is 0.323 e. The molecule has 26 heavy (non-hydrogen) atoms. The van der Waals surface area contributed by atoms with E-state index in [-0.39, 0.29) is 6.03 Å². The summed E-state index contributed by atoms with van der Waals surface area (Å²) in [4.78, 5) is 23.1. The molecule has 1 fully saturated rings. The van der Waals surface area contributed by atoms with E-state index < -0.39 is 0 Å². The molecule has 3 N–H and O–H groups in total. The van der Waals surface area contributed by atoms with Crippen LogP contribution in [0.1, 0.15) is 0 Å². The Kier molecular flexibility index (Phi) is 4.36. The molecule has 0 bridgehead atoms. The molecule has 3 heterocycles. The summed E-state index contributed by atoms with van der Waals surface area (Å²) in [5.41, 5.74) is 2.58. The van der Waals surface area contributed by atoms with Crippen molar-refractivity contribution in [3.05, 3.63) is 30.5 Å². The molecule has 0 saturated carbocycles. The number of amides is 2. The summed E-state index contributed by atoms with van der Waals surface area (Å²) in [7, 11) is 1.62. The highest BCUT2D eigenvalue weighted by Gasteiger charge is 2.19. The standard InChI is InChI=1S/C17H19N7O2/c1-26-12-4-2-11(3-5-12)13-10-19-15-14(20-13)16(23-22-15)21-17(25)24-8-6-18-7-9-24/h2-5,10,18H,6-9H2,1H3,(H2,19,21,22,23,25). The van der Waals surface area contributed by atoms with Crippen LogP contribution in [-0.2, 0) is 0 Å². The zero-order valence-electron chi connectivity index (χ0n) is 14.3. The Balaban J connectivity index is 1.60. The monoisotopic (exact) mass is 353 g/mol. The fourth-order valence-corrected chi connectivity index (χ4v) is 2.84. The van der Waals surface area contributed by atoms with Crippen molar-refractivity contribution in [2.24, 2.45) is 0 Å². The van der Waals surface area contributed by atoms with Crippen LogP contribution in [0.2, 0.25) is 0 Å². The van der Waals surface area contributed by atoms with Crippen LogP contribution < -0.4 is 15.4 Å². The lowest BCUT2D eigenvalue weighted by Crippen LogP contribution is -2.48. The minimum absolute atomic E-state index is 0.172. The molecule has 1 aliphatic rings. The number of piperazine rings is 1. The molecule has 0 atom stereocenters. The van der Waals surface area contributed by atoms with Crippen LogP contribution in [0.3, 0.4) is 0 Å². The van der Waals surface area contributed by atoms with Gasteiger partial charge in [0.15, 0.2) is 11.3 Å². The molecule has 1 saturated heterocycles. The largest absolute Gasteiger partial charge is 0.497 e. The van der Waals surface area contributed by atoms with Gasteiger partial charge in [-0.3, -0.25) is 10.4 Å². The zero-order valence-corrected chi connectivity index (χ0v) is 14.3. The number of aromatic amines is 1. The van der Waals surface area contributed by atoms with Crippen molar-refractivity contribution in [3.63, 3.8) is 0 Å². The van der Waals surface area contributed by atoms with Crippen LogP contribution in [0.25, 0.3) is 22.4 Å². The number of H-pyrrole nitrogens is 1. The first-order valence-corrected chi connectivity index (χ1v) is 8.37. The highest BCUT2D eigenvalue weighted by Crippen LogP contribution is 2.24. The number of nitrogens with zero attached hydrogens (tertiary/aromatic N) is 4. The van der Waals surface area contributed by atoms with Crippen LogP contribution in [0.4, 0.5) is 10.6 Å². The zero-order chi connectivity index (χ0) is 17.9. The van der Waals surface area contributed by atoms with Gasteiger partial charge in [0, 0.05) is 31.7 Å². The average molecular weight is 353 g/mol. The van der Waals surface area contributed by atoms with Crippen LogP contribution >= 0.6 is 0 Å². The number of fused-ring (bicyclic) bond motifs is 1. The van der Waals surface area contributed by atoms with Crippen LogP contribution in [0.15, 0.2) is 30.5 Å². The third-order valence-electron chi connectivity index (χ3n) is 4.29. The fraction of sp³-hybridized carbons (Fsp3) is 0.294. The van der Waals surface area contributed by atoms with Crippen molar-refractivity contribution >= 4 is 23.0 Å². The Morgan fingerprint density at radius 1 is 1.23 bits per heavy atom. The number of methoxy groups -OCH3 is 1. The van der Waals surface area contributed by atoms with E-state index in [1.165, 1.54) is 0 Å². The Bertz CT molecular complexity index is 917. The van der Waals surface area contributed by atoms with E-state index >= 15 is 0 Å². The Hall–Kier alpha value is -3.20. The van der Waals surface area contributed by atoms with Gasteiger partial charge < -0.3 is 15.0 Å². The maximum atomic E-state index is 12.4. The molecule has 3 aromatic rings. The Morgan fingerprint density at radius 3 is 2.73 bits per heavy atom. The third kappa shape index (κ3) is 3.16. The van der Waals surface area contributed by atoms with Crippen molar-refractivity contribution < 1.29 is 9.53 Å². The van der Waals surface area contributed by atoms with E-state index in [2.05, 4.69) is 30.8 Å². The van der Waals surface area contributed by atoms with E-state index in [0.29, 0.717) is 35.8 Å². The average Bonchev–Trinajstić information content (AvgIpc) is 3.10. The van der Waals surface area contributed by atoms with E-state index in [0.717, 1.165) is 24.4 Å². The molecular formula is C17H19N7O2. The summed E-state index contributed by atoms with van der Waals surface area (Å²) >= 11 is 0. The van der Waals surface area contributed by atoms with Gasteiger partial charge >= 0.3 is 6.03 Å². The van der Waals surface area contributed by atoms with Gasteiger partial charge in [-0.05, 0) is 24.3 Å². The van der Waals surface area contributed by atoms with Gasteiger partial charge in [0.1, 0.15) is 5.75 Å². The topological polar surface area (TPSA) is 108 Å². The lowest BCUT2D eigenvalue weighted by molar-refractivity contribution is 0.204. The molecule has 0 spiro atoms. The summed E-state index contributed by atoms with van der Waals surface area (Å²) < 4.78 is 5.18. The molecular weight excluding hydrogens is 334 g/mol. The van der Waals surface area contributed by atoms with E-state index in [1.54, 1.807) is 18.2 Å². The summed E-state index contributed by atoms with van der Waals surface area (Å²) in [6, 6.07) is 7.38.